The fourth-order valence-electron chi connectivity index (χ4n) is 4.60. The van der Waals surface area contributed by atoms with Gasteiger partial charge in [0.15, 0.2) is 0 Å². The summed E-state index contributed by atoms with van der Waals surface area (Å²) >= 11 is 0. The predicted molar refractivity (Wildman–Crippen MR) is 128 cm³/mol. The zero-order chi connectivity index (χ0) is 23.4. The van der Waals surface area contributed by atoms with Crippen molar-refractivity contribution in [2.75, 3.05) is 33.3 Å². The molecule has 1 atom stereocenters. The standard InChI is InChI=1S/C25H33N3O4S/c1-19(25(29)26-18-20-7-10-23(32-2)11-8-20)27-13-15-28(16-14-27)33(30,31)24-12-9-21-5-3-4-6-22(21)17-24/h7-12,17,19H,3-6,13-16,18H2,1-2H3,(H,26,29)/t19-/m0/s1. The lowest BCUT2D eigenvalue weighted by atomic mass is 9.92. The van der Waals surface area contributed by atoms with E-state index in [4.69, 9.17) is 4.74 Å². The summed E-state index contributed by atoms with van der Waals surface area (Å²) < 4.78 is 33.1. The summed E-state index contributed by atoms with van der Waals surface area (Å²) in [5.74, 6) is 0.721. The zero-order valence-electron chi connectivity index (χ0n) is 19.4. The molecule has 33 heavy (non-hydrogen) atoms. The highest BCUT2D eigenvalue weighted by atomic mass is 32.2. The maximum Gasteiger partial charge on any atom is 0.243 e. The number of aryl methyl sites for hydroxylation is 2. The molecule has 7 nitrogen and oxygen atoms in total. The summed E-state index contributed by atoms with van der Waals surface area (Å²) in [4.78, 5) is 15.1. The molecule has 1 N–H and O–H groups in total. The van der Waals surface area contributed by atoms with Crippen molar-refractivity contribution in [3.05, 3.63) is 59.2 Å². The Bertz CT molecular complexity index is 1080. The van der Waals surface area contributed by atoms with Gasteiger partial charge in [0.05, 0.1) is 18.0 Å². The molecule has 4 rings (SSSR count). The number of rotatable bonds is 7. The first-order valence-corrected chi connectivity index (χ1v) is 13.1. The van der Waals surface area contributed by atoms with Crippen LogP contribution in [-0.2, 0) is 34.2 Å². The number of fused-ring (bicyclic) bond motifs is 1. The summed E-state index contributed by atoms with van der Waals surface area (Å²) in [6.07, 6.45) is 4.28. The molecular formula is C25H33N3O4S. The Hall–Kier alpha value is -2.42. The molecule has 178 valence electrons. The Morgan fingerprint density at radius 2 is 1.67 bits per heavy atom. The van der Waals surface area contributed by atoms with Crippen molar-refractivity contribution in [1.29, 1.82) is 0 Å². The first-order valence-electron chi connectivity index (χ1n) is 11.6. The molecule has 2 aromatic carbocycles. The van der Waals surface area contributed by atoms with Crippen LogP contribution in [-0.4, -0.2) is 62.9 Å². The lowest BCUT2D eigenvalue weighted by Crippen LogP contribution is -2.54. The molecule has 1 amide bonds. The number of amides is 1. The van der Waals surface area contributed by atoms with Gasteiger partial charge in [0.2, 0.25) is 15.9 Å². The summed E-state index contributed by atoms with van der Waals surface area (Å²) in [5, 5.41) is 2.98. The molecular weight excluding hydrogens is 438 g/mol. The Labute approximate surface area is 196 Å². The van der Waals surface area contributed by atoms with Crippen LogP contribution in [0.25, 0.3) is 0 Å². The maximum atomic E-state index is 13.2. The number of benzene rings is 2. The Morgan fingerprint density at radius 3 is 2.33 bits per heavy atom. The first kappa shape index (κ1) is 23.7. The van der Waals surface area contributed by atoms with E-state index in [1.165, 1.54) is 17.5 Å². The zero-order valence-corrected chi connectivity index (χ0v) is 20.2. The van der Waals surface area contributed by atoms with Crippen molar-refractivity contribution < 1.29 is 17.9 Å². The normalized spacial score (nSPS) is 18.4. The fourth-order valence-corrected chi connectivity index (χ4v) is 6.07. The van der Waals surface area contributed by atoms with Crippen LogP contribution < -0.4 is 10.1 Å². The lowest BCUT2D eigenvalue weighted by Gasteiger charge is -2.36. The Balaban J connectivity index is 1.31. The Kier molecular flexibility index (Phi) is 7.36. The van der Waals surface area contributed by atoms with Gasteiger partial charge < -0.3 is 10.1 Å². The van der Waals surface area contributed by atoms with Crippen LogP contribution >= 0.6 is 0 Å². The van der Waals surface area contributed by atoms with Crippen LogP contribution in [0, 0.1) is 0 Å². The minimum Gasteiger partial charge on any atom is -0.497 e. The molecule has 0 aromatic heterocycles. The second-order valence-electron chi connectivity index (χ2n) is 8.82. The topological polar surface area (TPSA) is 79.0 Å². The van der Waals surface area contributed by atoms with Gasteiger partial charge in [-0.05, 0) is 73.6 Å². The number of sulfonamides is 1. The highest BCUT2D eigenvalue weighted by molar-refractivity contribution is 7.89. The molecule has 2 aromatic rings. The SMILES string of the molecule is COc1ccc(CNC(=O)[C@H](C)N2CCN(S(=O)(=O)c3ccc4c(c3)CCCC4)CC2)cc1. The number of nitrogens with one attached hydrogen (secondary N) is 1. The van der Waals surface area contributed by atoms with Crippen LogP contribution in [0.4, 0.5) is 0 Å². The summed E-state index contributed by atoms with van der Waals surface area (Å²) in [6, 6.07) is 12.9. The van der Waals surface area contributed by atoms with Crippen LogP contribution in [0.1, 0.15) is 36.5 Å². The van der Waals surface area contributed by atoms with Gasteiger partial charge in [-0.2, -0.15) is 4.31 Å². The van der Waals surface area contributed by atoms with E-state index in [1.54, 1.807) is 17.5 Å². The quantitative estimate of drug-likeness (QED) is 0.672. The number of ether oxygens (including phenoxy) is 1. The molecule has 1 aliphatic heterocycles. The van der Waals surface area contributed by atoms with Crippen LogP contribution in [0.15, 0.2) is 47.4 Å². The van der Waals surface area contributed by atoms with Crippen molar-refractivity contribution in [2.24, 2.45) is 0 Å². The van der Waals surface area contributed by atoms with Gasteiger partial charge >= 0.3 is 0 Å². The molecule has 0 saturated carbocycles. The maximum absolute atomic E-state index is 13.2. The lowest BCUT2D eigenvalue weighted by molar-refractivity contribution is -0.126. The summed E-state index contributed by atoms with van der Waals surface area (Å²) in [6.45, 7) is 4.14. The number of carbonyl (C=O) groups excluding carboxylic acids is 1. The predicted octanol–water partition coefficient (Wildman–Crippen LogP) is 2.59. The van der Waals surface area contributed by atoms with Gasteiger partial charge in [-0.3, -0.25) is 9.69 Å². The van der Waals surface area contributed by atoms with Crippen molar-refractivity contribution in [1.82, 2.24) is 14.5 Å². The van der Waals surface area contributed by atoms with E-state index in [1.807, 2.05) is 48.2 Å². The largest absolute Gasteiger partial charge is 0.497 e. The van der Waals surface area contributed by atoms with Gasteiger partial charge in [-0.1, -0.05) is 18.2 Å². The monoisotopic (exact) mass is 471 g/mol. The van der Waals surface area contributed by atoms with E-state index in [0.717, 1.165) is 30.6 Å². The van der Waals surface area contributed by atoms with Crippen molar-refractivity contribution in [2.45, 2.75) is 50.1 Å². The number of carbonyl (C=O) groups is 1. The molecule has 8 heteroatoms. The Morgan fingerprint density at radius 1 is 1.00 bits per heavy atom. The molecule has 2 aliphatic rings. The van der Waals surface area contributed by atoms with Gasteiger partial charge in [-0.25, -0.2) is 8.42 Å². The van der Waals surface area contributed by atoms with Gasteiger partial charge in [0.25, 0.3) is 0 Å². The summed E-state index contributed by atoms with van der Waals surface area (Å²) in [7, 11) is -1.90. The second-order valence-corrected chi connectivity index (χ2v) is 10.8. The first-order chi connectivity index (χ1) is 15.9. The third-order valence-electron chi connectivity index (χ3n) is 6.78. The number of hydrogen-bond donors (Lipinski definition) is 1. The minimum absolute atomic E-state index is 0.0585. The van der Waals surface area contributed by atoms with E-state index in [0.29, 0.717) is 37.6 Å². The van der Waals surface area contributed by atoms with Crippen LogP contribution in [0.5, 0.6) is 5.75 Å². The molecule has 1 heterocycles. The molecule has 1 fully saturated rings. The second kappa shape index (κ2) is 10.2. The number of hydrogen-bond acceptors (Lipinski definition) is 5. The average molecular weight is 472 g/mol. The van der Waals surface area contributed by atoms with E-state index >= 15 is 0 Å². The molecule has 1 saturated heterocycles. The van der Waals surface area contributed by atoms with E-state index in [2.05, 4.69) is 5.32 Å². The van der Waals surface area contributed by atoms with Gasteiger partial charge in [0, 0.05) is 32.7 Å². The fraction of sp³-hybridized carbons (Fsp3) is 0.480. The van der Waals surface area contributed by atoms with Crippen LogP contribution in [0.3, 0.4) is 0 Å². The van der Waals surface area contributed by atoms with E-state index < -0.39 is 10.0 Å². The van der Waals surface area contributed by atoms with Gasteiger partial charge in [0.1, 0.15) is 5.75 Å². The molecule has 0 unspecified atom stereocenters. The highest BCUT2D eigenvalue weighted by Crippen LogP contribution is 2.26. The third kappa shape index (κ3) is 5.39. The third-order valence-corrected chi connectivity index (χ3v) is 8.68. The minimum atomic E-state index is -3.52. The van der Waals surface area contributed by atoms with Crippen LogP contribution in [0.2, 0.25) is 0 Å². The van der Waals surface area contributed by atoms with Crippen molar-refractivity contribution >= 4 is 15.9 Å². The molecule has 0 radical (unpaired) electrons. The molecule has 0 bridgehead atoms. The molecule has 0 spiro atoms. The number of piperazine rings is 1. The van der Waals surface area contributed by atoms with E-state index in [9.17, 15) is 13.2 Å². The summed E-state index contributed by atoms with van der Waals surface area (Å²) in [5.41, 5.74) is 3.44. The smallest absolute Gasteiger partial charge is 0.243 e. The van der Waals surface area contributed by atoms with Crippen molar-refractivity contribution in [3.8, 4) is 5.75 Å². The number of methoxy groups -OCH3 is 1. The number of nitrogens with zero attached hydrogens (tertiary/aromatic N) is 2. The average Bonchev–Trinajstić information content (AvgIpc) is 2.86. The van der Waals surface area contributed by atoms with E-state index in [-0.39, 0.29) is 11.9 Å². The molecule has 1 aliphatic carbocycles. The van der Waals surface area contributed by atoms with Gasteiger partial charge in [-0.15, -0.1) is 0 Å². The highest BCUT2D eigenvalue weighted by Gasteiger charge is 2.32. The van der Waals surface area contributed by atoms with Crippen molar-refractivity contribution in [3.63, 3.8) is 0 Å².